The number of thiocarbonyl (C=S) groups is 1. The van der Waals surface area contributed by atoms with Crippen molar-refractivity contribution in [2.45, 2.75) is 6.92 Å². The van der Waals surface area contributed by atoms with Crippen molar-refractivity contribution in [1.82, 2.24) is 5.32 Å². The first-order chi connectivity index (χ1) is 11.5. The van der Waals surface area contributed by atoms with E-state index in [0.29, 0.717) is 11.4 Å². The summed E-state index contributed by atoms with van der Waals surface area (Å²) in [6.07, 6.45) is 0. The molecule has 0 aliphatic carbocycles. The number of amides is 1. The Bertz CT molecular complexity index is 762. The Hall–Kier alpha value is -2.93. The summed E-state index contributed by atoms with van der Waals surface area (Å²) < 4.78 is 5.32. The van der Waals surface area contributed by atoms with Crippen LogP contribution in [-0.2, 0) is 4.79 Å². The van der Waals surface area contributed by atoms with Gasteiger partial charge in [0.2, 0.25) is 0 Å². The first-order valence-electron chi connectivity index (χ1n) is 7.08. The predicted octanol–water partition coefficient (Wildman–Crippen LogP) is 2.59. The van der Waals surface area contributed by atoms with Crippen molar-refractivity contribution in [3.8, 4) is 5.75 Å². The van der Waals surface area contributed by atoms with Gasteiger partial charge in [-0.1, -0.05) is 24.3 Å². The van der Waals surface area contributed by atoms with Gasteiger partial charge < -0.3 is 15.2 Å². The number of benzene rings is 2. The lowest BCUT2D eigenvalue weighted by atomic mass is 10.1. The molecule has 0 fully saturated rings. The van der Waals surface area contributed by atoms with Gasteiger partial charge in [-0.2, -0.15) is 0 Å². The Kier molecular flexibility index (Phi) is 5.86. The number of carbonyl (C=O) groups is 2. The molecule has 2 aromatic rings. The maximum absolute atomic E-state index is 11.8. The first-order valence-corrected chi connectivity index (χ1v) is 7.49. The SMILES string of the molecule is Cc1ccc(C(=O)O)cc1NC(=S)NC(=O)COc1ccccc1. The fourth-order valence-electron chi connectivity index (χ4n) is 1.87. The molecule has 0 unspecified atom stereocenters. The molecule has 124 valence electrons. The van der Waals surface area contributed by atoms with Gasteiger partial charge in [0.05, 0.1) is 5.56 Å². The Balaban J connectivity index is 1.90. The summed E-state index contributed by atoms with van der Waals surface area (Å²) in [5.41, 5.74) is 1.45. The molecule has 0 bridgehead atoms. The Morgan fingerprint density at radius 2 is 1.88 bits per heavy atom. The second-order valence-corrected chi connectivity index (χ2v) is 5.35. The molecule has 0 radical (unpaired) electrons. The molecule has 0 saturated heterocycles. The summed E-state index contributed by atoms with van der Waals surface area (Å²) in [7, 11) is 0. The van der Waals surface area contributed by atoms with Gasteiger partial charge in [-0.25, -0.2) is 4.79 Å². The fraction of sp³-hybridized carbons (Fsp3) is 0.118. The average molecular weight is 344 g/mol. The normalized spacial score (nSPS) is 9.88. The molecule has 24 heavy (non-hydrogen) atoms. The molecular weight excluding hydrogens is 328 g/mol. The Labute approximate surface area is 144 Å². The number of anilines is 1. The van der Waals surface area contributed by atoms with Gasteiger partial charge in [-0.05, 0) is 49.0 Å². The molecule has 0 aliphatic heterocycles. The molecule has 2 aromatic carbocycles. The van der Waals surface area contributed by atoms with Crippen LogP contribution in [0.15, 0.2) is 48.5 Å². The number of hydrogen-bond donors (Lipinski definition) is 3. The maximum Gasteiger partial charge on any atom is 0.335 e. The molecule has 0 aromatic heterocycles. The van der Waals surface area contributed by atoms with Crippen molar-refractivity contribution >= 4 is 34.9 Å². The summed E-state index contributed by atoms with van der Waals surface area (Å²) in [5, 5.41) is 14.4. The molecule has 1 amide bonds. The minimum absolute atomic E-state index is 0.0716. The second-order valence-electron chi connectivity index (χ2n) is 4.94. The van der Waals surface area contributed by atoms with Gasteiger partial charge in [0.15, 0.2) is 11.7 Å². The van der Waals surface area contributed by atoms with Gasteiger partial charge >= 0.3 is 5.97 Å². The Morgan fingerprint density at radius 1 is 1.17 bits per heavy atom. The number of carboxylic acid groups (broad SMARTS) is 1. The van der Waals surface area contributed by atoms with E-state index in [2.05, 4.69) is 10.6 Å². The molecule has 0 spiro atoms. The van der Waals surface area contributed by atoms with Crippen molar-refractivity contribution in [3.63, 3.8) is 0 Å². The minimum atomic E-state index is -1.04. The van der Waals surface area contributed by atoms with E-state index in [0.717, 1.165) is 5.56 Å². The largest absolute Gasteiger partial charge is 0.484 e. The number of ether oxygens (including phenoxy) is 1. The number of aryl methyl sites for hydroxylation is 1. The molecule has 7 heteroatoms. The number of nitrogens with one attached hydrogen (secondary N) is 2. The molecule has 2 rings (SSSR count). The van der Waals surface area contributed by atoms with Gasteiger partial charge in [0.1, 0.15) is 5.75 Å². The highest BCUT2D eigenvalue weighted by atomic mass is 32.1. The molecule has 0 aliphatic rings. The maximum atomic E-state index is 11.8. The topological polar surface area (TPSA) is 87.7 Å². The summed E-state index contributed by atoms with van der Waals surface area (Å²) in [6.45, 7) is 1.62. The fourth-order valence-corrected chi connectivity index (χ4v) is 2.10. The highest BCUT2D eigenvalue weighted by molar-refractivity contribution is 7.80. The highest BCUT2D eigenvalue weighted by Crippen LogP contribution is 2.17. The molecule has 0 atom stereocenters. The predicted molar refractivity (Wildman–Crippen MR) is 94.4 cm³/mol. The molecule has 3 N–H and O–H groups in total. The number of hydrogen-bond acceptors (Lipinski definition) is 4. The first kappa shape index (κ1) is 17.4. The van der Waals surface area contributed by atoms with Crippen LogP contribution in [0.5, 0.6) is 5.75 Å². The average Bonchev–Trinajstić information content (AvgIpc) is 2.55. The molecule has 6 nitrogen and oxygen atoms in total. The standard InChI is InChI=1S/C17H16N2O4S/c1-11-7-8-12(16(21)22)9-14(11)18-17(24)19-15(20)10-23-13-5-3-2-4-6-13/h2-9H,10H2,1H3,(H,21,22)(H2,18,19,20,24). The zero-order chi connectivity index (χ0) is 17.5. The van der Waals surface area contributed by atoms with E-state index >= 15 is 0 Å². The van der Waals surface area contributed by atoms with E-state index < -0.39 is 11.9 Å². The van der Waals surface area contributed by atoms with Crippen LogP contribution in [0.2, 0.25) is 0 Å². The van der Waals surface area contributed by atoms with Crippen LogP contribution < -0.4 is 15.4 Å². The van der Waals surface area contributed by atoms with Crippen LogP contribution in [0.3, 0.4) is 0 Å². The van der Waals surface area contributed by atoms with Crippen LogP contribution in [-0.4, -0.2) is 28.7 Å². The van der Waals surface area contributed by atoms with Crippen LogP contribution >= 0.6 is 12.2 Å². The van der Waals surface area contributed by atoms with Crippen LogP contribution in [0.25, 0.3) is 0 Å². The zero-order valence-corrected chi connectivity index (χ0v) is 13.7. The van der Waals surface area contributed by atoms with Crippen molar-refractivity contribution in [2.24, 2.45) is 0 Å². The van der Waals surface area contributed by atoms with Crippen molar-refractivity contribution in [1.29, 1.82) is 0 Å². The lowest BCUT2D eigenvalue weighted by Crippen LogP contribution is -2.37. The van der Waals surface area contributed by atoms with E-state index in [-0.39, 0.29) is 17.3 Å². The molecule has 0 heterocycles. The van der Waals surface area contributed by atoms with E-state index in [1.165, 1.54) is 12.1 Å². The second kappa shape index (κ2) is 8.07. The third kappa shape index (κ3) is 5.06. The van der Waals surface area contributed by atoms with Crippen molar-refractivity contribution < 1.29 is 19.4 Å². The van der Waals surface area contributed by atoms with E-state index in [1.807, 2.05) is 6.07 Å². The number of para-hydroxylation sites is 1. The smallest absolute Gasteiger partial charge is 0.335 e. The zero-order valence-electron chi connectivity index (χ0n) is 12.9. The van der Waals surface area contributed by atoms with E-state index in [4.69, 9.17) is 22.1 Å². The monoisotopic (exact) mass is 344 g/mol. The van der Waals surface area contributed by atoms with Gasteiger partial charge in [-0.3, -0.25) is 10.1 Å². The third-order valence-electron chi connectivity index (χ3n) is 3.10. The van der Waals surface area contributed by atoms with E-state index in [1.54, 1.807) is 37.3 Å². The summed E-state index contributed by atoms with van der Waals surface area (Å²) in [6, 6.07) is 13.5. The number of rotatable bonds is 5. The summed E-state index contributed by atoms with van der Waals surface area (Å²) in [5.74, 6) is -0.871. The van der Waals surface area contributed by atoms with E-state index in [9.17, 15) is 9.59 Å². The van der Waals surface area contributed by atoms with Crippen molar-refractivity contribution in [3.05, 3.63) is 59.7 Å². The van der Waals surface area contributed by atoms with Gasteiger partial charge in [-0.15, -0.1) is 0 Å². The number of carboxylic acids is 1. The molecule has 0 saturated carbocycles. The lowest BCUT2D eigenvalue weighted by Gasteiger charge is -2.12. The van der Waals surface area contributed by atoms with Crippen LogP contribution in [0, 0.1) is 6.92 Å². The summed E-state index contributed by atoms with van der Waals surface area (Å²) in [4.78, 5) is 22.8. The highest BCUT2D eigenvalue weighted by Gasteiger charge is 2.10. The van der Waals surface area contributed by atoms with Crippen molar-refractivity contribution in [2.75, 3.05) is 11.9 Å². The number of aromatic carboxylic acids is 1. The quantitative estimate of drug-likeness (QED) is 0.723. The summed E-state index contributed by atoms with van der Waals surface area (Å²) >= 11 is 5.07. The molecular formula is C17H16N2O4S. The minimum Gasteiger partial charge on any atom is -0.484 e. The van der Waals surface area contributed by atoms with Gasteiger partial charge in [0, 0.05) is 5.69 Å². The third-order valence-corrected chi connectivity index (χ3v) is 3.30. The Morgan fingerprint density at radius 3 is 2.54 bits per heavy atom. The van der Waals surface area contributed by atoms with Gasteiger partial charge in [0.25, 0.3) is 5.91 Å². The van der Waals surface area contributed by atoms with Crippen LogP contribution in [0.4, 0.5) is 5.69 Å². The lowest BCUT2D eigenvalue weighted by molar-refractivity contribution is -0.121. The van der Waals surface area contributed by atoms with Crippen LogP contribution in [0.1, 0.15) is 15.9 Å². The number of carbonyl (C=O) groups excluding carboxylic acids is 1.